The Morgan fingerprint density at radius 3 is 2.83 bits per heavy atom. The maximum Gasteiger partial charge on any atom is 0.126 e. The molecule has 1 aromatic carbocycles. The summed E-state index contributed by atoms with van der Waals surface area (Å²) in [6, 6.07) is 8.96. The van der Waals surface area contributed by atoms with E-state index in [0.29, 0.717) is 5.56 Å². The number of pyridine rings is 1. The van der Waals surface area contributed by atoms with Crippen molar-refractivity contribution in [3.05, 3.63) is 65.2 Å². The van der Waals surface area contributed by atoms with Crippen molar-refractivity contribution >= 4 is 0 Å². The summed E-state index contributed by atoms with van der Waals surface area (Å²) in [7, 11) is 0. The Morgan fingerprint density at radius 2 is 2.17 bits per heavy atom. The van der Waals surface area contributed by atoms with Gasteiger partial charge in [0, 0.05) is 18.4 Å². The molecule has 3 heteroatoms. The van der Waals surface area contributed by atoms with Crippen LogP contribution in [0.25, 0.3) is 0 Å². The van der Waals surface area contributed by atoms with Crippen LogP contribution in [0.3, 0.4) is 0 Å². The molecule has 1 atom stereocenters. The van der Waals surface area contributed by atoms with Crippen LogP contribution in [-0.2, 0) is 6.42 Å². The lowest BCUT2D eigenvalue weighted by Crippen LogP contribution is -2.11. The molecule has 0 aliphatic heterocycles. The lowest BCUT2D eigenvalue weighted by molar-refractivity contribution is 0.610. The van der Waals surface area contributed by atoms with Crippen LogP contribution in [-0.4, -0.2) is 4.98 Å². The minimum atomic E-state index is -0.182. The minimum Gasteiger partial charge on any atom is -0.324 e. The smallest absolute Gasteiger partial charge is 0.126 e. The van der Waals surface area contributed by atoms with E-state index in [2.05, 4.69) is 4.98 Å². The van der Waals surface area contributed by atoms with Gasteiger partial charge in [-0.2, -0.15) is 0 Å². The second kappa shape index (κ2) is 5.74. The van der Waals surface area contributed by atoms with Crippen molar-refractivity contribution in [3.8, 4) is 0 Å². The van der Waals surface area contributed by atoms with Crippen LogP contribution in [0.15, 0.2) is 42.7 Å². The first-order chi connectivity index (χ1) is 8.66. The SMILES string of the molecule is Cc1cc(C(N)CCc2cccnc2)ccc1F. The molecule has 2 rings (SSSR count). The van der Waals surface area contributed by atoms with Gasteiger partial charge in [0.25, 0.3) is 0 Å². The molecular formula is C15H17FN2. The number of nitrogens with two attached hydrogens (primary N) is 1. The Balaban J connectivity index is 1.99. The van der Waals surface area contributed by atoms with E-state index >= 15 is 0 Å². The third-order valence-corrected chi connectivity index (χ3v) is 3.08. The molecule has 0 spiro atoms. The van der Waals surface area contributed by atoms with E-state index in [9.17, 15) is 4.39 Å². The normalized spacial score (nSPS) is 12.4. The van der Waals surface area contributed by atoms with E-state index in [-0.39, 0.29) is 11.9 Å². The number of aryl methyl sites for hydroxylation is 2. The molecule has 0 radical (unpaired) electrons. The molecule has 1 aromatic heterocycles. The zero-order valence-electron chi connectivity index (χ0n) is 10.4. The van der Waals surface area contributed by atoms with Crippen LogP contribution in [0, 0.1) is 12.7 Å². The summed E-state index contributed by atoms with van der Waals surface area (Å²) < 4.78 is 13.2. The van der Waals surface area contributed by atoms with Gasteiger partial charge in [0.05, 0.1) is 0 Å². The molecule has 18 heavy (non-hydrogen) atoms. The molecule has 0 bridgehead atoms. The maximum atomic E-state index is 13.2. The molecule has 2 N–H and O–H groups in total. The highest BCUT2D eigenvalue weighted by molar-refractivity contribution is 5.26. The first kappa shape index (κ1) is 12.7. The van der Waals surface area contributed by atoms with Crippen LogP contribution in [0.2, 0.25) is 0 Å². The highest BCUT2D eigenvalue weighted by Crippen LogP contribution is 2.19. The summed E-state index contributed by atoms with van der Waals surface area (Å²) >= 11 is 0. The zero-order valence-corrected chi connectivity index (χ0v) is 10.4. The van der Waals surface area contributed by atoms with Crippen molar-refractivity contribution in [1.82, 2.24) is 4.98 Å². The molecule has 0 aliphatic carbocycles. The number of rotatable bonds is 4. The molecule has 1 unspecified atom stereocenters. The standard InChI is InChI=1S/C15H17FN2/c1-11-9-13(5-6-14(11)16)15(17)7-4-12-3-2-8-18-10-12/h2-3,5-6,8-10,15H,4,7,17H2,1H3. The molecule has 0 amide bonds. The number of aromatic nitrogens is 1. The monoisotopic (exact) mass is 244 g/mol. The molecular weight excluding hydrogens is 227 g/mol. The van der Waals surface area contributed by atoms with Gasteiger partial charge in [-0.15, -0.1) is 0 Å². The number of hydrogen-bond donors (Lipinski definition) is 1. The lowest BCUT2D eigenvalue weighted by Gasteiger charge is -2.12. The van der Waals surface area contributed by atoms with Gasteiger partial charge < -0.3 is 5.73 Å². The molecule has 94 valence electrons. The van der Waals surface area contributed by atoms with Gasteiger partial charge in [-0.05, 0) is 48.6 Å². The van der Waals surface area contributed by atoms with E-state index in [0.717, 1.165) is 18.4 Å². The van der Waals surface area contributed by atoms with Gasteiger partial charge in [0.2, 0.25) is 0 Å². The third kappa shape index (κ3) is 3.14. The Kier molecular flexibility index (Phi) is 4.05. The van der Waals surface area contributed by atoms with Crippen molar-refractivity contribution in [1.29, 1.82) is 0 Å². The second-order valence-corrected chi connectivity index (χ2v) is 4.52. The molecule has 2 aromatic rings. The summed E-state index contributed by atoms with van der Waals surface area (Å²) in [5, 5.41) is 0. The number of benzene rings is 1. The molecule has 0 fully saturated rings. The van der Waals surface area contributed by atoms with E-state index in [1.54, 1.807) is 19.2 Å². The largest absolute Gasteiger partial charge is 0.324 e. The van der Waals surface area contributed by atoms with Crippen LogP contribution >= 0.6 is 0 Å². The maximum absolute atomic E-state index is 13.2. The summed E-state index contributed by atoms with van der Waals surface area (Å²) in [5.41, 5.74) is 8.92. The summed E-state index contributed by atoms with van der Waals surface area (Å²) in [6.45, 7) is 1.76. The van der Waals surface area contributed by atoms with E-state index in [1.165, 1.54) is 11.6 Å². The second-order valence-electron chi connectivity index (χ2n) is 4.52. The van der Waals surface area contributed by atoms with Crippen molar-refractivity contribution in [2.75, 3.05) is 0 Å². The topological polar surface area (TPSA) is 38.9 Å². The number of nitrogens with zero attached hydrogens (tertiary/aromatic N) is 1. The lowest BCUT2D eigenvalue weighted by atomic mass is 9.99. The van der Waals surface area contributed by atoms with E-state index in [4.69, 9.17) is 5.73 Å². The fourth-order valence-corrected chi connectivity index (χ4v) is 1.93. The average Bonchev–Trinajstić information content (AvgIpc) is 2.40. The van der Waals surface area contributed by atoms with Gasteiger partial charge in [-0.1, -0.05) is 18.2 Å². The molecule has 1 heterocycles. The third-order valence-electron chi connectivity index (χ3n) is 3.08. The molecule has 0 saturated carbocycles. The molecule has 0 saturated heterocycles. The summed E-state index contributed by atoms with van der Waals surface area (Å²) in [4.78, 5) is 4.07. The van der Waals surface area contributed by atoms with Gasteiger partial charge in [0.15, 0.2) is 0 Å². The van der Waals surface area contributed by atoms with Gasteiger partial charge in [-0.25, -0.2) is 4.39 Å². The first-order valence-corrected chi connectivity index (χ1v) is 6.07. The quantitative estimate of drug-likeness (QED) is 0.897. The van der Waals surface area contributed by atoms with Crippen LogP contribution in [0.5, 0.6) is 0 Å². The van der Waals surface area contributed by atoms with Crippen LogP contribution in [0.1, 0.15) is 29.2 Å². The van der Waals surface area contributed by atoms with Gasteiger partial charge >= 0.3 is 0 Å². The summed E-state index contributed by atoms with van der Waals surface area (Å²) in [6.07, 6.45) is 5.32. The average molecular weight is 244 g/mol. The Labute approximate surface area is 107 Å². The predicted molar refractivity (Wildman–Crippen MR) is 70.6 cm³/mol. The van der Waals surface area contributed by atoms with Crippen molar-refractivity contribution in [3.63, 3.8) is 0 Å². The minimum absolute atomic E-state index is 0.0653. The van der Waals surface area contributed by atoms with Crippen LogP contribution < -0.4 is 5.73 Å². The Hall–Kier alpha value is -1.74. The zero-order chi connectivity index (χ0) is 13.0. The molecule has 0 aliphatic rings. The Morgan fingerprint density at radius 1 is 1.33 bits per heavy atom. The number of halogens is 1. The van der Waals surface area contributed by atoms with Gasteiger partial charge in [-0.3, -0.25) is 4.98 Å². The fourth-order valence-electron chi connectivity index (χ4n) is 1.93. The molecule has 2 nitrogen and oxygen atoms in total. The first-order valence-electron chi connectivity index (χ1n) is 6.07. The predicted octanol–water partition coefficient (Wildman–Crippen LogP) is 3.16. The fraction of sp³-hybridized carbons (Fsp3) is 0.267. The highest BCUT2D eigenvalue weighted by atomic mass is 19.1. The summed E-state index contributed by atoms with van der Waals surface area (Å²) in [5.74, 6) is -0.182. The van der Waals surface area contributed by atoms with Gasteiger partial charge in [0.1, 0.15) is 5.82 Å². The van der Waals surface area contributed by atoms with Crippen molar-refractivity contribution in [2.45, 2.75) is 25.8 Å². The highest BCUT2D eigenvalue weighted by Gasteiger charge is 2.08. The Bertz CT molecular complexity index is 511. The van der Waals surface area contributed by atoms with Crippen LogP contribution in [0.4, 0.5) is 4.39 Å². The van der Waals surface area contributed by atoms with Crippen molar-refractivity contribution < 1.29 is 4.39 Å². The van der Waals surface area contributed by atoms with E-state index in [1.807, 2.05) is 24.4 Å². The van der Waals surface area contributed by atoms with Crippen molar-refractivity contribution in [2.24, 2.45) is 5.73 Å². The van der Waals surface area contributed by atoms with E-state index < -0.39 is 0 Å². The number of hydrogen-bond acceptors (Lipinski definition) is 2.